The van der Waals surface area contributed by atoms with E-state index in [1.54, 1.807) is 12.3 Å². The van der Waals surface area contributed by atoms with Gasteiger partial charge in [0.05, 0.1) is 18.0 Å². The lowest BCUT2D eigenvalue weighted by Gasteiger charge is -2.09. The Hall–Kier alpha value is -2.25. The van der Waals surface area contributed by atoms with Crippen molar-refractivity contribution in [2.75, 3.05) is 18.6 Å². The Labute approximate surface area is 140 Å². The summed E-state index contributed by atoms with van der Waals surface area (Å²) < 4.78 is 27.9. The van der Waals surface area contributed by atoms with Gasteiger partial charge in [0.1, 0.15) is 21.4 Å². The molecule has 2 aromatic rings. The summed E-state index contributed by atoms with van der Waals surface area (Å²) >= 11 is 0. The number of benzene rings is 1. The average molecular weight is 346 g/mol. The Morgan fingerprint density at radius 1 is 1.25 bits per heavy atom. The fourth-order valence-electron chi connectivity index (χ4n) is 2.46. The van der Waals surface area contributed by atoms with Crippen LogP contribution in [0.5, 0.6) is 0 Å². The molecule has 0 saturated heterocycles. The third-order valence-corrected chi connectivity index (χ3v) is 4.64. The van der Waals surface area contributed by atoms with Crippen LogP contribution in [0.3, 0.4) is 0 Å². The number of nitrogens with zero attached hydrogens (tertiary/aromatic N) is 1. The molecule has 0 spiro atoms. The van der Waals surface area contributed by atoms with Gasteiger partial charge in [-0.25, -0.2) is 8.42 Å². The van der Waals surface area contributed by atoms with Gasteiger partial charge in [-0.1, -0.05) is 0 Å². The van der Waals surface area contributed by atoms with Gasteiger partial charge in [0.25, 0.3) is 0 Å². The first-order valence-corrected chi connectivity index (χ1v) is 9.66. The minimum absolute atomic E-state index is 0.0519. The van der Waals surface area contributed by atoms with Crippen molar-refractivity contribution in [2.45, 2.75) is 13.0 Å². The zero-order chi connectivity index (χ0) is 17.2. The van der Waals surface area contributed by atoms with Gasteiger partial charge in [0.15, 0.2) is 5.78 Å². The zero-order valence-corrected chi connectivity index (χ0v) is 14.1. The van der Waals surface area contributed by atoms with E-state index >= 15 is 0 Å². The van der Waals surface area contributed by atoms with Crippen molar-refractivity contribution in [3.05, 3.63) is 41.7 Å². The van der Waals surface area contributed by atoms with Crippen LogP contribution in [0.1, 0.15) is 22.5 Å². The quantitative estimate of drug-likeness (QED) is 0.811. The third-order valence-electron chi connectivity index (χ3n) is 3.70. The number of Topliss-reactive ketones (excluding diaryl/α,β-unsaturated/α-hetero) is 1. The number of hydrogen-bond acceptors (Lipinski definition) is 6. The van der Waals surface area contributed by atoms with Crippen LogP contribution in [0.4, 0.5) is 5.69 Å². The monoisotopic (exact) mass is 346 g/mol. The Morgan fingerprint density at radius 3 is 2.88 bits per heavy atom. The van der Waals surface area contributed by atoms with Gasteiger partial charge >= 0.3 is 0 Å². The molecule has 6 nitrogen and oxygen atoms in total. The van der Waals surface area contributed by atoms with E-state index in [1.807, 2.05) is 24.3 Å². The lowest BCUT2D eigenvalue weighted by molar-refractivity contribution is 0.100. The molecular weight excluding hydrogens is 328 g/mol. The fraction of sp³-hybridized carbons (Fsp3) is 0.294. The summed E-state index contributed by atoms with van der Waals surface area (Å²) in [6, 6.07) is 9.15. The second kappa shape index (κ2) is 6.70. The van der Waals surface area contributed by atoms with E-state index in [9.17, 15) is 13.2 Å². The Kier molecular flexibility index (Phi) is 4.64. The number of carbonyl (C=O) groups is 1. The SMILES string of the molecule is CS(=O)(=O)CCNCc1ccc(-c2ccc3c(c2)C(=O)CC=N3)o1. The second-order valence-corrected chi connectivity index (χ2v) is 8.00. The van der Waals surface area contributed by atoms with E-state index in [0.717, 1.165) is 5.56 Å². The van der Waals surface area contributed by atoms with Crippen molar-refractivity contribution >= 4 is 27.5 Å². The topological polar surface area (TPSA) is 88.7 Å². The lowest BCUT2D eigenvalue weighted by Crippen LogP contribution is -2.21. The molecule has 1 N–H and O–H groups in total. The number of aliphatic imine (C=N–C) groups is 1. The van der Waals surface area contributed by atoms with Crippen molar-refractivity contribution < 1.29 is 17.6 Å². The molecule has 1 aromatic carbocycles. The smallest absolute Gasteiger partial charge is 0.170 e. The Morgan fingerprint density at radius 2 is 2.08 bits per heavy atom. The number of carbonyl (C=O) groups excluding carboxylic acids is 1. The van der Waals surface area contributed by atoms with Crippen LogP contribution in [-0.2, 0) is 16.4 Å². The van der Waals surface area contributed by atoms with Gasteiger partial charge in [-0.05, 0) is 30.3 Å². The molecule has 1 aromatic heterocycles. The summed E-state index contributed by atoms with van der Waals surface area (Å²) in [7, 11) is -2.97. The van der Waals surface area contributed by atoms with Crippen LogP contribution in [0.25, 0.3) is 11.3 Å². The Bertz CT molecular complexity index is 897. The molecule has 0 amide bonds. The molecule has 0 bridgehead atoms. The molecule has 24 heavy (non-hydrogen) atoms. The van der Waals surface area contributed by atoms with Gasteiger partial charge in [0.2, 0.25) is 0 Å². The molecule has 7 heteroatoms. The number of rotatable bonds is 6. The van der Waals surface area contributed by atoms with Crippen LogP contribution in [0.2, 0.25) is 0 Å². The predicted octanol–water partition coefficient (Wildman–Crippen LogP) is 2.37. The zero-order valence-electron chi connectivity index (χ0n) is 13.3. The molecule has 0 unspecified atom stereocenters. The van der Waals surface area contributed by atoms with Gasteiger partial charge in [0, 0.05) is 36.6 Å². The molecule has 1 aliphatic rings. The molecule has 126 valence electrons. The third kappa shape index (κ3) is 3.98. The first kappa shape index (κ1) is 16.6. The molecular formula is C17H18N2O4S. The molecule has 1 aliphatic heterocycles. The summed E-state index contributed by atoms with van der Waals surface area (Å²) in [6.45, 7) is 0.823. The highest BCUT2D eigenvalue weighted by Crippen LogP contribution is 2.30. The van der Waals surface area contributed by atoms with E-state index in [0.29, 0.717) is 42.3 Å². The van der Waals surface area contributed by atoms with Crippen molar-refractivity contribution in [3.63, 3.8) is 0 Å². The van der Waals surface area contributed by atoms with E-state index in [1.165, 1.54) is 6.26 Å². The van der Waals surface area contributed by atoms with Crippen molar-refractivity contribution in [2.24, 2.45) is 4.99 Å². The number of ketones is 1. The van der Waals surface area contributed by atoms with Crippen molar-refractivity contribution in [3.8, 4) is 11.3 Å². The minimum Gasteiger partial charge on any atom is -0.460 e. The molecule has 2 heterocycles. The summed E-state index contributed by atoms with van der Waals surface area (Å²) in [4.78, 5) is 16.2. The van der Waals surface area contributed by atoms with E-state index in [4.69, 9.17) is 4.42 Å². The second-order valence-electron chi connectivity index (χ2n) is 5.74. The number of hydrogen-bond donors (Lipinski definition) is 1. The number of sulfone groups is 1. The molecule has 0 saturated carbocycles. The maximum absolute atomic E-state index is 11.9. The lowest BCUT2D eigenvalue weighted by atomic mass is 10.0. The highest BCUT2D eigenvalue weighted by Gasteiger charge is 2.16. The maximum Gasteiger partial charge on any atom is 0.170 e. The average Bonchev–Trinajstić information content (AvgIpc) is 3.00. The van der Waals surface area contributed by atoms with Gasteiger partial charge in [-0.3, -0.25) is 9.79 Å². The fourth-order valence-corrected chi connectivity index (χ4v) is 2.97. The summed E-state index contributed by atoms with van der Waals surface area (Å²) in [5.74, 6) is 1.52. The largest absolute Gasteiger partial charge is 0.460 e. The van der Waals surface area contributed by atoms with Gasteiger partial charge in [-0.15, -0.1) is 0 Å². The van der Waals surface area contributed by atoms with E-state index in [2.05, 4.69) is 10.3 Å². The Balaban J connectivity index is 1.69. The standard InChI is InChI=1S/C17H18N2O4S/c1-24(21,22)9-8-18-11-13-3-5-17(23-13)12-2-4-15-14(10-12)16(20)6-7-19-15/h2-5,7,10,18H,6,8-9,11H2,1H3. The number of fused-ring (bicyclic) bond motifs is 1. The molecule has 3 rings (SSSR count). The first-order chi connectivity index (χ1) is 11.4. The summed E-state index contributed by atoms with van der Waals surface area (Å²) in [5.41, 5.74) is 2.12. The van der Waals surface area contributed by atoms with Gasteiger partial charge < -0.3 is 9.73 Å². The summed E-state index contributed by atoms with van der Waals surface area (Å²) in [6.07, 6.45) is 3.16. The molecule has 0 radical (unpaired) electrons. The van der Waals surface area contributed by atoms with Gasteiger partial charge in [-0.2, -0.15) is 0 Å². The number of nitrogens with one attached hydrogen (secondary N) is 1. The van der Waals surface area contributed by atoms with Crippen LogP contribution in [0, 0.1) is 0 Å². The van der Waals surface area contributed by atoms with Crippen LogP contribution in [0.15, 0.2) is 39.7 Å². The normalized spacial score (nSPS) is 14.0. The molecule has 0 atom stereocenters. The molecule has 0 aliphatic carbocycles. The van der Waals surface area contributed by atoms with Crippen LogP contribution in [-0.4, -0.2) is 39.0 Å². The first-order valence-electron chi connectivity index (χ1n) is 7.60. The highest BCUT2D eigenvalue weighted by molar-refractivity contribution is 7.90. The van der Waals surface area contributed by atoms with Crippen molar-refractivity contribution in [1.29, 1.82) is 0 Å². The number of furan rings is 1. The maximum atomic E-state index is 11.9. The van der Waals surface area contributed by atoms with Crippen LogP contribution < -0.4 is 5.32 Å². The van der Waals surface area contributed by atoms with E-state index < -0.39 is 9.84 Å². The van der Waals surface area contributed by atoms with Crippen LogP contribution >= 0.6 is 0 Å². The highest BCUT2D eigenvalue weighted by atomic mass is 32.2. The van der Waals surface area contributed by atoms with E-state index in [-0.39, 0.29) is 11.5 Å². The molecule has 0 fully saturated rings. The summed E-state index contributed by atoms with van der Waals surface area (Å²) in [5, 5.41) is 3.03. The predicted molar refractivity (Wildman–Crippen MR) is 92.7 cm³/mol. The van der Waals surface area contributed by atoms with Crippen molar-refractivity contribution in [1.82, 2.24) is 5.32 Å². The minimum atomic E-state index is -2.97.